The van der Waals surface area contributed by atoms with Crippen LogP contribution in [0.15, 0.2) is 36.4 Å². The van der Waals surface area contributed by atoms with E-state index in [2.05, 4.69) is 5.32 Å². The highest BCUT2D eigenvalue weighted by molar-refractivity contribution is 6.41. The van der Waals surface area contributed by atoms with Crippen molar-refractivity contribution in [2.75, 3.05) is 27.2 Å². The normalized spacial score (nSPS) is 10.2. The second kappa shape index (κ2) is 8.52. The van der Waals surface area contributed by atoms with Gasteiger partial charge in [0.15, 0.2) is 0 Å². The molecule has 0 bridgehead atoms. The summed E-state index contributed by atoms with van der Waals surface area (Å²) in [7, 11) is 3.11. The summed E-state index contributed by atoms with van der Waals surface area (Å²) < 4.78 is 4.81. The number of hydrogen-bond donors (Lipinski definition) is 1. The topological polar surface area (TPSA) is 75.7 Å². The van der Waals surface area contributed by atoms with E-state index in [1.807, 2.05) is 30.3 Å². The molecule has 1 rings (SSSR count). The van der Waals surface area contributed by atoms with E-state index in [9.17, 15) is 14.4 Å². The lowest BCUT2D eigenvalue weighted by Gasteiger charge is -2.10. The molecule has 112 valence electrons. The summed E-state index contributed by atoms with van der Waals surface area (Å²) >= 11 is 0. The summed E-state index contributed by atoms with van der Waals surface area (Å²) in [6, 6.07) is 9.18. The molecule has 0 atom stereocenters. The van der Waals surface area contributed by atoms with E-state index < -0.39 is 17.8 Å². The zero-order valence-electron chi connectivity index (χ0n) is 12.0. The van der Waals surface area contributed by atoms with Gasteiger partial charge in [-0.2, -0.15) is 0 Å². The molecule has 0 unspecified atom stereocenters. The van der Waals surface area contributed by atoms with Crippen molar-refractivity contribution >= 4 is 23.9 Å². The third kappa shape index (κ3) is 6.38. The minimum absolute atomic E-state index is 0.0123. The van der Waals surface area contributed by atoms with Crippen LogP contribution in [0, 0.1) is 0 Å². The van der Waals surface area contributed by atoms with Gasteiger partial charge in [-0.15, -0.1) is 0 Å². The molecule has 0 radical (unpaired) electrons. The highest BCUT2D eigenvalue weighted by atomic mass is 16.6. The quantitative estimate of drug-likeness (QED) is 0.483. The molecule has 1 N–H and O–H groups in total. The predicted molar refractivity (Wildman–Crippen MR) is 78.5 cm³/mol. The highest BCUT2D eigenvalue weighted by Crippen LogP contribution is 2.00. The Hall–Kier alpha value is -2.63. The first-order valence-corrected chi connectivity index (χ1v) is 6.40. The summed E-state index contributed by atoms with van der Waals surface area (Å²) in [5, 5.41) is 2.38. The predicted octanol–water partition coefficient (Wildman–Crippen LogP) is 1.08. The number of nitrogens with one attached hydrogen (secondary N) is 1. The van der Waals surface area contributed by atoms with Crippen molar-refractivity contribution in [3.05, 3.63) is 42.0 Å². The van der Waals surface area contributed by atoms with Gasteiger partial charge in [0.1, 0.15) is 6.61 Å². The Morgan fingerprint density at radius 1 is 1.19 bits per heavy atom. The van der Waals surface area contributed by atoms with Crippen LogP contribution in [0.1, 0.15) is 5.56 Å². The van der Waals surface area contributed by atoms with Crippen molar-refractivity contribution < 1.29 is 19.1 Å². The maximum atomic E-state index is 11.5. The van der Waals surface area contributed by atoms with E-state index >= 15 is 0 Å². The lowest BCUT2D eigenvalue weighted by molar-refractivity contribution is -0.135. The monoisotopic (exact) mass is 290 g/mol. The number of carbonyl (C=O) groups is 3. The third-order valence-electron chi connectivity index (χ3n) is 2.43. The zero-order valence-corrected chi connectivity index (χ0v) is 12.0. The zero-order chi connectivity index (χ0) is 15.7. The van der Waals surface area contributed by atoms with E-state index in [0.717, 1.165) is 5.56 Å². The van der Waals surface area contributed by atoms with Gasteiger partial charge in [-0.05, 0) is 11.6 Å². The second-order valence-corrected chi connectivity index (χ2v) is 4.37. The molecular weight excluding hydrogens is 272 g/mol. The van der Waals surface area contributed by atoms with E-state index in [1.54, 1.807) is 20.2 Å². The summed E-state index contributed by atoms with van der Waals surface area (Å²) in [5.41, 5.74) is 0.832. The van der Waals surface area contributed by atoms with Gasteiger partial charge in [0, 0.05) is 14.1 Å². The smallest absolute Gasteiger partial charge is 0.409 e. The summed E-state index contributed by atoms with van der Waals surface area (Å²) in [6.45, 7) is 0.0990. The van der Waals surface area contributed by atoms with Crippen molar-refractivity contribution in [2.45, 2.75) is 0 Å². The molecule has 1 aromatic carbocycles. The van der Waals surface area contributed by atoms with Crippen molar-refractivity contribution in [1.29, 1.82) is 0 Å². The van der Waals surface area contributed by atoms with Gasteiger partial charge in [0.2, 0.25) is 5.78 Å². The van der Waals surface area contributed by atoms with Crippen LogP contribution in [0.3, 0.4) is 0 Å². The molecule has 0 saturated carbocycles. The van der Waals surface area contributed by atoms with Gasteiger partial charge in [0.05, 0.1) is 6.54 Å². The standard InChI is InChI=1S/C15H18N2O4/c1-17(2)15(20)21-11-10-16-14(19)13(18)9-8-12-6-4-3-5-7-12/h3-9H,10-11H2,1-2H3,(H,16,19). The molecule has 0 saturated heterocycles. The Labute approximate surface area is 123 Å². The number of benzene rings is 1. The fourth-order valence-corrected chi connectivity index (χ4v) is 1.33. The maximum absolute atomic E-state index is 11.5. The van der Waals surface area contributed by atoms with Gasteiger partial charge in [0.25, 0.3) is 5.91 Å². The van der Waals surface area contributed by atoms with Crippen molar-refractivity contribution in [2.24, 2.45) is 0 Å². The highest BCUT2D eigenvalue weighted by Gasteiger charge is 2.10. The van der Waals surface area contributed by atoms with Crippen LogP contribution in [-0.2, 0) is 14.3 Å². The first kappa shape index (κ1) is 16.4. The molecule has 0 aliphatic heterocycles. The minimum Gasteiger partial charge on any atom is -0.448 e. The summed E-state index contributed by atoms with van der Waals surface area (Å²) in [6.07, 6.45) is 2.27. The van der Waals surface area contributed by atoms with Gasteiger partial charge >= 0.3 is 6.09 Å². The number of ether oxygens (including phenoxy) is 1. The van der Waals surface area contributed by atoms with E-state index in [0.29, 0.717) is 0 Å². The largest absolute Gasteiger partial charge is 0.448 e. The van der Waals surface area contributed by atoms with E-state index in [1.165, 1.54) is 11.0 Å². The molecule has 6 nitrogen and oxygen atoms in total. The van der Waals surface area contributed by atoms with Crippen molar-refractivity contribution in [1.82, 2.24) is 10.2 Å². The van der Waals surface area contributed by atoms with Crippen LogP contribution >= 0.6 is 0 Å². The van der Waals surface area contributed by atoms with Gasteiger partial charge in [-0.25, -0.2) is 4.79 Å². The Morgan fingerprint density at radius 3 is 2.48 bits per heavy atom. The van der Waals surface area contributed by atoms with Gasteiger partial charge in [-0.1, -0.05) is 36.4 Å². The van der Waals surface area contributed by atoms with Crippen LogP contribution in [0.5, 0.6) is 0 Å². The summed E-state index contributed by atoms with van der Waals surface area (Å²) in [4.78, 5) is 35.4. The lowest BCUT2D eigenvalue weighted by Crippen LogP contribution is -2.34. The SMILES string of the molecule is CN(C)C(=O)OCCNC(=O)C(=O)C=Cc1ccccc1. The Bertz CT molecular complexity index is 524. The number of ketones is 1. The van der Waals surface area contributed by atoms with Crippen LogP contribution in [0.2, 0.25) is 0 Å². The molecule has 2 amide bonds. The van der Waals surface area contributed by atoms with Crippen LogP contribution in [0.25, 0.3) is 6.08 Å². The Balaban J connectivity index is 2.30. The second-order valence-electron chi connectivity index (χ2n) is 4.37. The van der Waals surface area contributed by atoms with Crippen LogP contribution in [-0.4, -0.2) is 49.9 Å². The molecule has 0 aromatic heterocycles. The summed E-state index contributed by atoms with van der Waals surface area (Å²) in [5.74, 6) is -1.39. The van der Waals surface area contributed by atoms with Crippen LogP contribution in [0.4, 0.5) is 4.79 Å². The molecule has 0 aliphatic rings. The fraction of sp³-hybridized carbons (Fsp3) is 0.267. The molecular formula is C15H18N2O4. The molecule has 0 spiro atoms. The average molecular weight is 290 g/mol. The lowest BCUT2D eigenvalue weighted by atomic mass is 10.2. The first-order chi connectivity index (χ1) is 10.0. The number of nitrogens with zero attached hydrogens (tertiary/aromatic N) is 1. The molecule has 1 aromatic rings. The Morgan fingerprint density at radius 2 is 1.86 bits per heavy atom. The number of hydrogen-bond acceptors (Lipinski definition) is 4. The van der Waals surface area contributed by atoms with Gasteiger partial charge < -0.3 is 15.0 Å². The molecule has 0 aliphatic carbocycles. The minimum atomic E-state index is -0.733. The molecule has 0 fully saturated rings. The molecule has 21 heavy (non-hydrogen) atoms. The van der Waals surface area contributed by atoms with Crippen LogP contribution < -0.4 is 5.32 Å². The van der Waals surface area contributed by atoms with Crippen molar-refractivity contribution in [3.63, 3.8) is 0 Å². The third-order valence-corrected chi connectivity index (χ3v) is 2.43. The molecule has 0 heterocycles. The van der Waals surface area contributed by atoms with E-state index in [4.69, 9.17) is 4.74 Å². The average Bonchev–Trinajstić information content (AvgIpc) is 2.49. The molecule has 6 heteroatoms. The first-order valence-electron chi connectivity index (χ1n) is 6.40. The maximum Gasteiger partial charge on any atom is 0.409 e. The van der Waals surface area contributed by atoms with Crippen molar-refractivity contribution in [3.8, 4) is 0 Å². The fourth-order valence-electron chi connectivity index (χ4n) is 1.33. The Kier molecular flexibility index (Phi) is 6.67. The van der Waals surface area contributed by atoms with E-state index in [-0.39, 0.29) is 13.2 Å². The number of rotatable bonds is 6. The van der Waals surface area contributed by atoms with Gasteiger partial charge in [-0.3, -0.25) is 9.59 Å². The number of amides is 2. The number of carbonyl (C=O) groups excluding carboxylic acids is 3.